The lowest BCUT2D eigenvalue weighted by Gasteiger charge is -2.19. The third-order valence-electron chi connectivity index (χ3n) is 2.94. The Morgan fingerprint density at radius 2 is 2.00 bits per heavy atom. The predicted octanol–water partition coefficient (Wildman–Crippen LogP) is 1.36. The number of benzene rings is 1. The number of rotatable bonds is 3. The summed E-state index contributed by atoms with van der Waals surface area (Å²) in [6.07, 6.45) is 1.89. The molecule has 0 radical (unpaired) electrons. The summed E-state index contributed by atoms with van der Waals surface area (Å²) in [5.41, 5.74) is 6.79. The smallest absolute Gasteiger partial charge is 0.245 e. The van der Waals surface area contributed by atoms with E-state index in [1.807, 2.05) is 0 Å². The van der Waals surface area contributed by atoms with Gasteiger partial charge < -0.3 is 5.73 Å². The van der Waals surface area contributed by atoms with Crippen molar-refractivity contribution in [2.45, 2.75) is 30.7 Å². The minimum absolute atomic E-state index is 0.156. The second kappa shape index (κ2) is 3.75. The highest BCUT2D eigenvalue weighted by atomic mass is 32.2. The van der Waals surface area contributed by atoms with Gasteiger partial charge in [-0.2, -0.15) is 4.31 Å². The van der Waals surface area contributed by atoms with Crippen LogP contribution in [0.2, 0.25) is 0 Å². The highest BCUT2D eigenvalue weighted by Crippen LogP contribution is 2.33. The van der Waals surface area contributed by atoms with E-state index in [-0.39, 0.29) is 10.9 Å². The highest BCUT2D eigenvalue weighted by Gasteiger charge is 2.36. The molecule has 88 valence electrons. The average molecular weight is 240 g/mol. The van der Waals surface area contributed by atoms with Crippen molar-refractivity contribution in [1.29, 1.82) is 0 Å². The molecule has 1 aromatic carbocycles. The second-order valence-corrected chi connectivity index (χ2v) is 6.18. The predicted molar refractivity (Wildman–Crippen MR) is 63.6 cm³/mol. The van der Waals surface area contributed by atoms with Gasteiger partial charge in [0.15, 0.2) is 0 Å². The monoisotopic (exact) mass is 240 g/mol. The molecule has 0 spiro atoms. The van der Waals surface area contributed by atoms with E-state index in [0.717, 1.165) is 12.8 Å². The largest absolute Gasteiger partial charge is 0.398 e. The minimum atomic E-state index is -3.43. The van der Waals surface area contributed by atoms with Gasteiger partial charge in [-0.3, -0.25) is 0 Å². The van der Waals surface area contributed by atoms with Gasteiger partial charge in [0.2, 0.25) is 10.0 Å². The first-order chi connectivity index (χ1) is 7.44. The lowest BCUT2D eigenvalue weighted by atomic mass is 10.2. The van der Waals surface area contributed by atoms with Crippen LogP contribution in [0.4, 0.5) is 5.69 Å². The van der Waals surface area contributed by atoms with Crippen LogP contribution in [0.5, 0.6) is 0 Å². The fourth-order valence-electron chi connectivity index (χ4n) is 1.81. The van der Waals surface area contributed by atoms with E-state index < -0.39 is 10.0 Å². The van der Waals surface area contributed by atoms with Crippen molar-refractivity contribution in [2.24, 2.45) is 0 Å². The van der Waals surface area contributed by atoms with Crippen LogP contribution in [-0.4, -0.2) is 25.8 Å². The molecule has 0 bridgehead atoms. The van der Waals surface area contributed by atoms with Gasteiger partial charge in [0, 0.05) is 13.1 Å². The maximum absolute atomic E-state index is 12.3. The Hall–Kier alpha value is -1.07. The van der Waals surface area contributed by atoms with Crippen molar-refractivity contribution in [3.8, 4) is 0 Å². The molecule has 0 aliphatic heterocycles. The fourth-order valence-corrected chi connectivity index (χ4v) is 3.54. The summed E-state index contributed by atoms with van der Waals surface area (Å²) in [6, 6.07) is 5.31. The van der Waals surface area contributed by atoms with E-state index in [1.54, 1.807) is 32.2 Å². The summed E-state index contributed by atoms with van der Waals surface area (Å²) in [5.74, 6) is 0. The quantitative estimate of drug-likeness (QED) is 0.811. The van der Waals surface area contributed by atoms with E-state index >= 15 is 0 Å². The van der Waals surface area contributed by atoms with Crippen LogP contribution in [-0.2, 0) is 10.0 Å². The zero-order valence-electron chi connectivity index (χ0n) is 9.47. The standard InChI is InChI=1S/C11H16N2O2S/c1-8-4-3-5-10(12)11(8)16(14,15)13(2)9-6-7-9/h3-5,9H,6-7,12H2,1-2H3. The summed E-state index contributed by atoms with van der Waals surface area (Å²) in [7, 11) is -1.80. The third-order valence-corrected chi connectivity index (χ3v) is 5.07. The van der Waals surface area contributed by atoms with Crippen molar-refractivity contribution >= 4 is 15.7 Å². The Balaban J connectivity index is 2.50. The fraction of sp³-hybridized carbons (Fsp3) is 0.455. The Morgan fingerprint density at radius 1 is 1.38 bits per heavy atom. The van der Waals surface area contributed by atoms with Gasteiger partial charge in [-0.05, 0) is 31.4 Å². The molecule has 0 atom stereocenters. The van der Waals surface area contributed by atoms with Crippen molar-refractivity contribution in [2.75, 3.05) is 12.8 Å². The molecule has 1 aliphatic carbocycles. The molecule has 0 unspecified atom stereocenters. The molecule has 16 heavy (non-hydrogen) atoms. The van der Waals surface area contributed by atoms with Crippen LogP contribution < -0.4 is 5.73 Å². The van der Waals surface area contributed by atoms with Gasteiger partial charge in [0.1, 0.15) is 4.90 Å². The summed E-state index contributed by atoms with van der Waals surface area (Å²) in [5, 5.41) is 0. The third kappa shape index (κ3) is 1.81. The lowest BCUT2D eigenvalue weighted by Crippen LogP contribution is -2.30. The van der Waals surface area contributed by atoms with Gasteiger partial charge in [0.25, 0.3) is 0 Å². The number of aryl methyl sites for hydroxylation is 1. The van der Waals surface area contributed by atoms with E-state index in [2.05, 4.69) is 0 Å². The summed E-state index contributed by atoms with van der Waals surface area (Å²) in [4.78, 5) is 0.254. The molecule has 4 nitrogen and oxygen atoms in total. The molecule has 1 saturated carbocycles. The topological polar surface area (TPSA) is 63.4 Å². The maximum Gasteiger partial charge on any atom is 0.245 e. The summed E-state index contributed by atoms with van der Waals surface area (Å²) in [6.45, 7) is 1.77. The van der Waals surface area contributed by atoms with Gasteiger partial charge in [-0.1, -0.05) is 12.1 Å². The van der Waals surface area contributed by atoms with Gasteiger partial charge >= 0.3 is 0 Å². The second-order valence-electron chi connectivity index (χ2n) is 4.25. The highest BCUT2D eigenvalue weighted by molar-refractivity contribution is 7.89. The number of sulfonamides is 1. The van der Waals surface area contributed by atoms with Crippen LogP contribution in [0.1, 0.15) is 18.4 Å². The van der Waals surface area contributed by atoms with Crippen molar-refractivity contribution in [3.63, 3.8) is 0 Å². The molecule has 2 rings (SSSR count). The number of hydrogen-bond donors (Lipinski definition) is 1. The van der Waals surface area contributed by atoms with Crippen molar-refractivity contribution < 1.29 is 8.42 Å². The summed E-state index contributed by atoms with van der Waals surface area (Å²) < 4.78 is 26.0. The minimum Gasteiger partial charge on any atom is -0.398 e. The molecular formula is C11H16N2O2S. The van der Waals surface area contributed by atoms with Crippen molar-refractivity contribution in [3.05, 3.63) is 23.8 Å². The van der Waals surface area contributed by atoms with Crippen molar-refractivity contribution in [1.82, 2.24) is 4.31 Å². The number of hydrogen-bond acceptors (Lipinski definition) is 3. The first-order valence-corrected chi connectivity index (χ1v) is 6.71. The Bertz CT molecular complexity index is 486. The Labute approximate surface area is 96.1 Å². The van der Waals surface area contributed by atoms with Crippen LogP contribution in [0.15, 0.2) is 23.1 Å². The normalized spacial score (nSPS) is 16.7. The van der Waals surface area contributed by atoms with Gasteiger partial charge in [0.05, 0.1) is 5.69 Å². The van der Waals surface area contributed by atoms with E-state index in [0.29, 0.717) is 11.3 Å². The first-order valence-electron chi connectivity index (χ1n) is 5.27. The SMILES string of the molecule is Cc1cccc(N)c1S(=O)(=O)N(C)C1CC1. The lowest BCUT2D eigenvalue weighted by molar-refractivity contribution is 0.464. The summed E-state index contributed by atoms with van der Waals surface area (Å²) >= 11 is 0. The molecule has 0 amide bonds. The zero-order chi connectivity index (χ0) is 11.9. The number of nitrogens with two attached hydrogens (primary N) is 1. The number of anilines is 1. The van der Waals surface area contributed by atoms with Crippen LogP contribution >= 0.6 is 0 Å². The maximum atomic E-state index is 12.3. The zero-order valence-corrected chi connectivity index (χ0v) is 10.3. The number of nitrogen functional groups attached to an aromatic ring is 1. The van der Waals surface area contributed by atoms with Gasteiger partial charge in [-0.15, -0.1) is 0 Å². The average Bonchev–Trinajstić information content (AvgIpc) is 2.99. The van der Waals surface area contributed by atoms with E-state index in [9.17, 15) is 8.42 Å². The molecular weight excluding hydrogens is 224 g/mol. The number of nitrogens with zero attached hydrogens (tertiary/aromatic N) is 1. The van der Waals surface area contributed by atoms with Crippen LogP contribution in [0, 0.1) is 6.92 Å². The van der Waals surface area contributed by atoms with E-state index in [1.165, 1.54) is 4.31 Å². The molecule has 5 heteroatoms. The molecule has 0 heterocycles. The Kier molecular flexibility index (Phi) is 2.67. The Morgan fingerprint density at radius 3 is 2.50 bits per heavy atom. The molecule has 0 aromatic heterocycles. The van der Waals surface area contributed by atoms with Gasteiger partial charge in [-0.25, -0.2) is 8.42 Å². The molecule has 1 aliphatic rings. The van der Waals surface area contributed by atoms with E-state index in [4.69, 9.17) is 5.73 Å². The molecule has 1 aromatic rings. The first kappa shape index (κ1) is 11.4. The van der Waals surface area contributed by atoms with Crippen LogP contribution in [0.25, 0.3) is 0 Å². The van der Waals surface area contributed by atoms with Crippen LogP contribution in [0.3, 0.4) is 0 Å². The molecule has 1 fully saturated rings. The molecule has 0 saturated heterocycles. The molecule has 2 N–H and O–H groups in total.